The van der Waals surface area contributed by atoms with Gasteiger partial charge in [0.05, 0.1) is 17.7 Å². The van der Waals surface area contributed by atoms with Crippen molar-refractivity contribution in [3.8, 4) is 0 Å². The first-order chi connectivity index (χ1) is 19.2. The average molecular weight is 654 g/mol. The van der Waals surface area contributed by atoms with Gasteiger partial charge in [0.25, 0.3) is 0 Å². The van der Waals surface area contributed by atoms with Crippen LogP contribution in [0.3, 0.4) is 0 Å². The maximum absolute atomic E-state index is 13.4. The monoisotopic (exact) mass is 653 g/mol. The lowest BCUT2D eigenvalue weighted by Gasteiger charge is -2.51. The molecule has 2 aliphatic heterocycles. The Bertz CT molecular complexity index is 1270. The Morgan fingerprint density at radius 3 is 2.12 bits per heavy atom. The van der Waals surface area contributed by atoms with Crippen molar-refractivity contribution in [1.29, 1.82) is 0 Å². The molecule has 2 fully saturated rings. The summed E-state index contributed by atoms with van der Waals surface area (Å²) in [6, 6.07) is 5.35. The first kappa shape index (κ1) is 30.6. The number of benzene rings is 2. The number of rotatable bonds is 6. The molecular formula is C26H23BrF7N3O4. The summed E-state index contributed by atoms with van der Waals surface area (Å²) in [5.41, 5.74) is -3.03. The Hall–Kier alpha value is -3.36. The van der Waals surface area contributed by atoms with Crippen LogP contribution in [0.15, 0.2) is 42.5 Å². The minimum absolute atomic E-state index is 0.0296. The molecule has 2 aromatic carbocycles. The highest BCUT2D eigenvalue weighted by Gasteiger charge is 2.49. The Morgan fingerprint density at radius 1 is 0.951 bits per heavy atom. The second-order valence-corrected chi connectivity index (χ2v) is 10.3. The van der Waals surface area contributed by atoms with Crippen molar-refractivity contribution in [1.82, 2.24) is 14.7 Å². The Kier molecular flexibility index (Phi) is 8.85. The normalized spacial score (nSPS) is 19.9. The Labute approximate surface area is 237 Å². The molecule has 0 unspecified atom stereocenters. The summed E-state index contributed by atoms with van der Waals surface area (Å²) in [5, 5.41) is 0.339. The molecule has 0 aliphatic carbocycles. The van der Waals surface area contributed by atoms with Gasteiger partial charge in [-0.15, -0.1) is 0 Å². The van der Waals surface area contributed by atoms with Crippen molar-refractivity contribution in [2.24, 2.45) is 0 Å². The van der Waals surface area contributed by atoms with Crippen LogP contribution in [0.25, 0.3) is 0 Å². The van der Waals surface area contributed by atoms with Crippen LogP contribution in [0.4, 0.5) is 35.5 Å². The van der Waals surface area contributed by atoms with Gasteiger partial charge in [0.15, 0.2) is 0 Å². The van der Waals surface area contributed by atoms with Crippen LogP contribution in [0.2, 0.25) is 0 Å². The van der Waals surface area contributed by atoms with Gasteiger partial charge in [-0.2, -0.15) is 26.3 Å². The predicted molar refractivity (Wildman–Crippen MR) is 133 cm³/mol. The van der Waals surface area contributed by atoms with Gasteiger partial charge in [0.1, 0.15) is 24.6 Å². The summed E-state index contributed by atoms with van der Waals surface area (Å²) < 4.78 is 97.8. The Balaban J connectivity index is 1.57. The van der Waals surface area contributed by atoms with Gasteiger partial charge >= 0.3 is 18.4 Å². The third kappa shape index (κ3) is 6.93. The number of fused-ring (bicyclic) bond motifs is 1. The van der Waals surface area contributed by atoms with E-state index in [0.29, 0.717) is 23.0 Å². The molecule has 2 aliphatic rings. The van der Waals surface area contributed by atoms with E-state index in [2.05, 4.69) is 15.9 Å². The third-order valence-corrected chi connectivity index (χ3v) is 7.22. The van der Waals surface area contributed by atoms with Crippen LogP contribution < -0.4 is 0 Å². The number of piperazine rings is 1. The highest BCUT2D eigenvalue weighted by atomic mass is 79.9. The van der Waals surface area contributed by atoms with E-state index < -0.39 is 71.6 Å². The first-order valence-electron chi connectivity index (χ1n) is 12.3. The topological polar surface area (TPSA) is 70.2 Å². The SMILES string of the molecule is O=C1[C@H](CCBr)N2C(=O)CCN(C(=O)OCc3cc(C(F)(F)F)cc(C(F)(F)F)c3)[C@H]2CN1Cc1ccc(F)cc1. The predicted octanol–water partition coefficient (Wildman–Crippen LogP) is 5.56. The molecule has 4 rings (SSSR count). The van der Waals surface area contributed by atoms with Crippen LogP contribution in [-0.4, -0.2) is 63.2 Å². The molecule has 0 bridgehead atoms. The van der Waals surface area contributed by atoms with E-state index in [-0.39, 0.29) is 38.5 Å². The van der Waals surface area contributed by atoms with Gasteiger partial charge in [0.2, 0.25) is 11.8 Å². The lowest BCUT2D eigenvalue weighted by Crippen LogP contribution is -2.71. The summed E-state index contributed by atoms with van der Waals surface area (Å²) in [4.78, 5) is 43.1. The van der Waals surface area contributed by atoms with Gasteiger partial charge in [-0.1, -0.05) is 28.1 Å². The highest BCUT2D eigenvalue weighted by molar-refractivity contribution is 9.09. The molecule has 0 saturated carbocycles. The van der Waals surface area contributed by atoms with Crippen molar-refractivity contribution < 1.29 is 49.9 Å². The number of hydrogen-bond donors (Lipinski definition) is 0. The van der Waals surface area contributed by atoms with E-state index in [1.165, 1.54) is 34.1 Å². The summed E-state index contributed by atoms with van der Waals surface area (Å²) in [5.74, 6) is -1.26. The number of amides is 3. The Morgan fingerprint density at radius 2 is 1.56 bits per heavy atom. The molecule has 41 heavy (non-hydrogen) atoms. The fourth-order valence-electron chi connectivity index (χ4n) is 4.86. The van der Waals surface area contributed by atoms with Gasteiger partial charge in [-0.05, 0) is 47.9 Å². The molecule has 2 heterocycles. The molecule has 2 saturated heterocycles. The summed E-state index contributed by atoms with van der Waals surface area (Å²) in [6.45, 7) is -1.14. The minimum atomic E-state index is -5.07. The molecule has 0 aromatic heterocycles. The fourth-order valence-corrected chi connectivity index (χ4v) is 5.29. The van der Waals surface area contributed by atoms with Crippen molar-refractivity contribution in [2.75, 3.05) is 18.4 Å². The van der Waals surface area contributed by atoms with E-state index >= 15 is 0 Å². The summed E-state index contributed by atoms with van der Waals surface area (Å²) in [7, 11) is 0. The van der Waals surface area contributed by atoms with Crippen LogP contribution in [0.5, 0.6) is 0 Å². The molecule has 0 radical (unpaired) electrons. The zero-order chi connectivity index (χ0) is 30.1. The second-order valence-electron chi connectivity index (χ2n) is 9.53. The van der Waals surface area contributed by atoms with Gasteiger partial charge in [0, 0.05) is 24.8 Å². The number of hydrogen-bond acceptors (Lipinski definition) is 4. The number of alkyl halides is 7. The van der Waals surface area contributed by atoms with Gasteiger partial charge < -0.3 is 14.5 Å². The zero-order valence-electron chi connectivity index (χ0n) is 21.1. The fraction of sp³-hybridized carbons (Fsp3) is 0.423. The van der Waals surface area contributed by atoms with Crippen molar-refractivity contribution >= 4 is 33.8 Å². The minimum Gasteiger partial charge on any atom is -0.444 e. The lowest BCUT2D eigenvalue weighted by atomic mass is 10.0. The van der Waals surface area contributed by atoms with Crippen LogP contribution in [0.1, 0.15) is 35.1 Å². The molecule has 15 heteroatoms. The van der Waals surface area contributed by atoms with E-state index in [4.69, 9.17) is 4.74 Å². The second kappa shape index (κ2) is 11.9. The quantitative estimate of drug-likeness (QED) is 0.303. The summed E-state index contributed by atoms with van der Waals surface area (Å²) in [6.07, 6.45) is -12.2. The number of halogens is 8. The van der Waals surface area contributed by atoms with E-state index in [1.807, 2.05) is 0 Å². The molecule has 0 spiro atoms. The number of ether oxygens (including phenoxy) is 1. The van der Waals surface area contributed by atoms with Gasteiger partial charge in [-0.3, -0.25) is 14.5 Å². The van der Waals surface area contributed by atoms with Gasteiger partial charge in [-0.25, -0.2) is 9.18 Å². The van der Waals surface area contributed by atoms with Crippen LogP contribution in [0, 0.1) is 5.82 Å². The van der Waals surface area contributed by atoms with E-state index in [9.17, 15) is 45.1 Å². The van der Waals surface area contributed by atoms with Crippen molar-refractivity contribution in [3.05, 3.63) is 70.5 Å². The number of carbonyl (C=O) groups is 3. The largest absolute Gasteiger partial charge is 0.444 e. The van der Waals surface area contributed by atoms with Crippen LogP contribution in [-0.2, 0) is 39.8 Å². The van der Waals surface area contributed by atoms with Crippen LogP contribution >= 0.6 is 15.9 Å². The van der Waals surface area contributed by atoms with Crippen molar-refractivity contribution in [2.45, 2.75) is 50.6 Å². The average Bonchev–Trinajstić information content (AvgIpc) is 2.90. The maximum Gasteiger partial charge on any atom is 0.416 e. The van der Waals surface area contributed by atoms with Crippen molar-refractivity contribution in [3.63, 3.8) is 0 Å². The third-order valence-electron chi connectivity index (χ3n) is 6.77. The highest BCUT2D eigenvalue weighted by Crippen LogP contribution is 2.37. The molecular weight excluding hydrogens is 631 g/mol. The molecule has 0 N–H and O–H groups in total. The maximum atomic E-state index is 13.4. The molecule has 222 valence electrons. The lowest BCUT2D eigenvalue weighted by molar-refractivity contribution is -0.168. The van der Waals surface area contributed by atoms with E-state index in [0.717, 1.165) is 4.90 Å². The molecule has 7 nitrogen and oxygen atoms in total. The smallest absolute Gasteiger partial charge is 0.416 e. The molecule has 3 amide bonds. The molecule has 2 atom stereocenters. The number of nitrogens with zero attached hydrogens (tertiary/aromatic N) is 3. The standard InChI is InChI=1S/C26H23BrF7N3O4/c27-7-5-20-23(39)35(12-15-1-3-19(28)4-2-15)13-21-36(8-6-22(38)37(20)21)24(40)41-14-16-9-17(25(29,30)31)11-18(10-16)26(32,33)34/h1-4,9-11,20-21H,5-8,12-14H2/t20-,21+/m0/s1. The zero-order valence-corrected chi connectivity index (χ0v) is 22.7. The summed E-state index contributed by atoms with van der Waals surface area (Å²) >= 11 is 3.26. The van der Waals surface area contributed by atoms with E-state index in [1.54, 1.807) is 0 Å². The molecule has 2 aromatic rings. The number of carbonyl (C=O) groups excluding carboxylic acids is 3. The first-order valence-corrected chi connectivity index (χ1v) is 13.4.